The SMILES string of the molecule is COC[C@H](C)n1c(CCCC(=O)N2CCC3(CC2)CNC(=O)C3)nc2cccnc21. The van der Waals surface area contributed by atoms with Crippen molar-refractivity contribution in [2.75, 3.05) is 33.4 Å². The number of ether oxygens (including phenoxy) is 1. The van der Waals surface area contributed by atoms with E-state index in [0.717, 1.165) is 62.3 Å². The fourth-order valence-electron chi connectivity index (χ4n) is 4.82. The van der Waals surface area contributed by atoms with Crippen LogP contribution in [0.1, 0.15) is 50.9 Å². The number of likely N-dealkylation sites (tertiary alicyclic amines) is 1. The van der Waals surface area contributed by atoms with E-state index in [9.17, 15) is 9.59 Å². The van der Waals surface area contributed by atoms with E-state index in [1.165, 1.54) is 0 Å². The summed E-state index contributed by atoms with van der Waals surface area (Å²) in [5.74, 6) is 1.30. The Morgan fingerprint density at radius 1 is 1.37 bits per heavy atom. The summed E-state index contributed by atoms with van der Waals surface area (Å²) < 4.78 is 7.47. The van der Waals surface area contributed by atoms with E-state index in [1.807, 2.05) is 17.0 Å². The van der Waals surface area contributed by atoms with Crippen molar-refractivity contribution < 1.29 is 14.3 Å². The predicted molar refractivity (Wildman–Crippen MR) is 113 cm³/mol. The number of imidazole rings is 1. The number of carbonyl (C=O) groups excluding carboxylic acids is 2. The number of nitrogens with one attached hydrogen (secondary N) is 1. The Balaban J connectivity index is 1.34. The molecular formula is C22H31N5O3. The highest BCUT2D eigenvalue weighted by atomic mass is 16.5. The van der Waals surface area contributed by atoms with E-state index in [1.54, 1.807) is 13.3 Å². The Kier molecular flexibility index (Phi) is 6.04. The van der Waals surface area contributed by atoms with Crippen LogP contribution in [0.5, 0.6) is 0 Å². The molecule has 0 unspecified atom stereocenters. The third-order valence-corrected chi connectivity index (χ3v) is 6.53. The van der Waals surface area contributed by atoms with Crippen LogP contribution in [0.4, 0.5) is 0 Å². The summed E-state index contributed by atoms with van der Waals surface area (Å²) in [6, 6.07) is 3.99. The monoisotopic (exact) mass is 413 g/mol. The van der Waals surface area contributed by atoms with Crippen molar-refractivity contribution in [1.29, 1.82) is 0 Å². The van der Waals surface area contributed by atoms with Crippen LogP contribution in [0, 0.1) is 5.41 Å². The van der Waals surface area contributed by atoms with Crippen molar-refractivity contribution in [3.05, 3.63) is 24.2 Å². The van der Waals surface area contributed by atoms with Crippen LogP contribution in [0.25, 0.3) is 11.2 Å². The lowest BCUT2D eigenvalue weighted by Gasteiger charge is -2.38. The van der Waals surface area contributed by atoms with Crippen LogP contribution in [0.3, 0.4) is 0 Å². The van der Waals surface area contributed by atoms with Crippen LogP contribution < -0.4 is 5.32 Å². The summed E-state index contributed by atoms with van der Waals surface area (Å²) in [5, 5.41) is 2.95. The van der Waals surface area contributed by atoms with E-state index in [0.29, 0.717) is 19.4 Å². The summed E-state index contributed by atoms with van der Waals surface area (Å²) in [6.07, 6.45) is 6.21. The number of fused-ring (bicyclic) bond motifs is 1. The number of nitrogens with zero attached hydrogens (tertiary/aromatic N) is 4. The van der Waals surface area contributed by atoms with Gasteiger partial charge in [0.25, 0.3) is 0 Å². The summed E-state index contributed by atoms with van der Waals surface area (Å²) in [4.78, 5) is 35.5. The van der Waals surface area contributed by atoms with E-state index < -0.39 is 0 Å². The van der Waals surface area contributed by atoms with Crippen molar-refractivity contribution in [3.8, 4) is 0 Å². The lowest BCUT2D eigenvalue weighted by atomic mass is 9.77. The Bertz CT molecular complexity index is 917. The molecule has 2 aliphatic heterocycles. The topological polar surface area (TPSA) is 89.4 Å². The number of hydrogen-bond acceptors (Lipinski definition) is 5. The predicted octanol–water partition coefficient (Wildman–Crippen LogP) is 2.09. The molecule has 0 bridgehead atoms. The molecule has 2 aromatic rings. The van der Waals surface area contributed by atoms with Gasteiger partial charge < -0.3 is 19.5 Å². The third-order valence-electron chi connectivity index (χ3n) is 6.53. The van der Waals surface area contributed by atoms with E-state index in [-0.39, 0.29) is 23.3 Å². The first-order valence-electron chi connectivity index (χ1n) is 10.9. The molecule has 1 atom stereocenters. The smallest absolute Gasteiger partial charge is 0.222 e. The molecule has 0 aliphatic carbocycles. The molecule has 162 valence electrons. The number of hydrogen-bond donors (Lipinski definition) is 1. The zero-order chi connectivity index (χ0) is 21.1. The first-order valence-corrected chi connectivity index (χ1v) is 10.9. The number of methoxy groups -OCH3 is 1. The minimum absolute atomic E-state index is 0.0726. The molecule has 0 aromatic carbocycles. The molecular weight excluding hydrogens is 382 g/mol. The zero-order valence-corrected chi connectivity index (χ0v) is 17.9. The van der Waals surface area contributed by atoms with Gasteiger partial charge in [0.05, 0.1) is 12.6 Å². The second kappa shape index (κ2) is 8.71. The van der Waals surface area contributed by atoms with Gasteiger partial charge in [-0.1, -0.05) is 0 Å². The summed E-state index contributed by atoms with van der Waals surface area (Å²) in [6.45, 7) is 4.95. The van der Waals surface area contributed by atoms with Gasteiger partial charge in [-0.25, -0.2) is 9.97 Å². The van der Waals surface area contributed by atoms with E-state index >= 15 is 0 Å². The molecule has 8 heteroatoms. The van der Waals surface area contributed by atoms with Gasteiger partial charge in [-0.05, 0) is 43.7 Å². The summed E-state index contributed by atoms with van der Waals surface area (Å²) in [7, 11) is 1.70. The molecule has 8 nitrogen and oxygen atoms in total. The average Bonchev–Trinajstić information content (AvgIpc) is 3.28. The fourth-order valence-corrected chi connectivity index (χ4v) is 4.82. The molecule has 2 amide bonds. The zero-order valence-electron chi connectivity index (χ0n) is 17.9. The van der Waals surface area contributed by atoms with Crippen LogP contribution in [-0.4, -0.2) is 64.6 Å². The van der Waals surface area contributed by atoms with Crippen molar-refractivity contribution in [1.82, 2.24) is 24.8 Å². The quantitative estimate of drug-likeness (QED) is 0.751. The molecule has 4 heterocycles. The molecule has 2 aliphatic rings. The van der Waals surface area contributed by atoms with Gasteiger partial charge in [0, 0.05) is 52.2 Å². The van der Waals surface area contributed by atoms with E-state index in [2.05, 4.69) is 21.8 Å². The van der Waals surface area contributed by atoms with Gasteiger partial charge in [0.1, 0.15) is 11.3 Å². The lowest BCUT2D eigenvalue weighted by Crippen LogP contribution is -2.44. The number of aryl methyl sites for hydroxylation is 1. The summed E-state index contributed by atoms with van der Waals surface area (Å²) >= 11 is 0. The normalized spacial score (nSPS) is 19.4. The van der Waals surface area contributed by atoms with Gasteiger partial charge in [-0.15, -0.1) is 0 Å². The number of aromatic nitrogens is 3. The fraction of sp³-hybridized carbons (Fsp3) is 0.636. The molecule has 4 rings (SSSR count). The first kappa shape index (κ1) is 20.8. The Hall–Kier alpha value is -2.48. The molecule has 0 saturated carbocycles. The molecule has 1 spiro atoms. The van der Waals surface area contributed by atoms with Crippen molar-refractivity contribution >= 4 is 23.0 Å². The van der Waals surface area contributed by atoms with Gasteiger partial charge in [-0.2, -0.15) is 0 Å². The highest BCUT2D eigenvalue weighted by molar-refractivity contribution is 5.79. The largest absolute Gasteiger partial charge is 0.383 e. The molecule has 2 saturated heterocycles. The van der Waals surface area contributed by atoms with Crippen LogP contribution in [-0.2, 0) is 20.7 Å². The summed E-state index contributed by atoms with van der Waals surface area (Å²) in [5.41, 5.74) is 1.82. The highest BCUT2D eigenvalue weighted by Gasteiger charge is 2.41. The van der Waals surface area contributed by atoms with Crippen molar-refractivity contribution in [3.63, 3.8) is 0 Å². The Labute approximate surface area is 177 Å². The maximum Gasteiger partial charge on any atom is 0.222 e. The maximum atomic E-state index is 12.7. The lowest BCUT2D eigenvalue weighted by molar-refractivity contribution is -0.133. The highest BCUT2D eigenvalue weighted by Crippen LogP contribution is 2.37. The van der Waals surface area contributed by atoms with Gasteiger partial charge >= 0.3 is 0 Å². The minimum Gasteiger partial charge on any atom is -0.383 e. The molecule has 2 aromatic heterocycles. The standard InChI is InChI=1S/C22H31N5O3/c1-16(14-30-2)27-18(25-17-5-4-10-23-21(17)27)6-3-7-20(29)26-11-8-22(9-12-26)13-19(28)24-15-22/h4-5,10,16H,3,6-9,11-15H2,1-2H3,(H,24,28)/t16-/m0/s1. The Morgan fingerprint density at radius 3 is 2.87 bits per heavy atom. The number of amides is 2. The molecule has 0 radical (unpaired) electrons. The van der Waals surface area contributed by atoms with Crippen LogP contribution in [0.15, 0.2) is 18.3 Å². The number of piperidine rings is 1. The maximum absolute atomic E-state index is 12.7. The average molecular weight is 414 g/mol. The van der Waals surface area contributed by atoms with Crippen LogP contribution in [0.2, 0.25) is 0 Å². The number of rotatable bonds is 7. The van der Waals surface area contributed by atoms with Gasteiger partial charge in [0.2, 0.25) is 11.8 Å². The number of carbonyl (C=O) groups is 2. The molecule has 30 heavy (non-hydrogen) atoms. The number of pyridine rings is 1. The first-order chi connectivity index (χ1) is 14.5. The van der Waals surface area contributed by atoms with Gasteiger partial charge in [-0.3, -0.25) is 9.59 Å². The van der Waals surface area contributed by atoms with Crippen molar-refractivity contribution in [2.24, 2.45) is 5.41 Å². The molecule has 1 N–H and O–H groups in total. The van der Waals surface area contributed by atoms with Gasteiger partial charge in [0.15, 0.2) is 5.65 Å². The van der Waals surface area contributed by atoms with Crippen LogP contribution >= 0.6 is 0 Å². The Morgan fingerprint density at radius 2 is 2.17 bits per heavy atom. The minimum atomic E-state index is 0.0726. The molecule has 2 fully saturated rings. The van der Waals surface area contributed by atoms with Crippen molar-refractivity contribution in [2.45, 2.75) is 51.5 Å². The van der Waals surface area contributed by atoms with E-state index in [4.69, 9.17) is 9.72 Å². The second-order valence-corrected chi connectivity index (χ2v) is 8.74. The third kappa shape index (κ3) is 4.19. The second-order valence-electron chi connectivity index (χ2n) is 8.74.